The first-order valence-electron chi connectivity index (χ1n) is 7.16. The van der Waals surface area contributed by atoms with Crippen LogP contribution in [0, 0.1) is 0 Å². The van der Waals surface area contributed by atoms with Crippen LogP contribution in [0.2, 0.25) is 10.0 Å². The highest BCUT2D eigenvalue weighted by atomic mass is 35.5. The largest absolute Gasteiger partial charge is 0.489 e. The second-order valence-electron chi connectivity index (χ2n) is 5.57. The van der Waals surface area contributed by atoms with Crippen LogP contribution >= 0.6 is 23.2 Å². The van der Waals surface area contributed by atoms with Gasteiger partial charge in [-0.25, -0.2) is 0 Å². The predicted octanol–water partition coefficient (Wildman–Crippen LogP) is 2.63. The van der Waals surface area contributed by atoms with E-state index in [1.165, 1.54) is 0 Å². The number of halogens is 2. The number of aliphatic hydroxyl groups is 2. The van der Waals surface area contributed by atoms with E-state index >= 15 is 0 Å². The van der Waals surface area contributed by atoms with Gasteiger partial charge in [0.25, 0.3) is 0 Å². The standard InChI is InChI=1S/C15H21Cl2NO3/c16-11-3-4-13(17)14(7-11)21-9-12(20)8-18-15(10-19)5-1-2-6-15/h3-4,7,12,18-20H,1-2,5-6,8-10H2. The third-order valence-electron chi connectivity index (χ3n) is 3.90. The van der Waals surface area contributed by atoms with Gasteiger partial charge in [-0.3, -0.25) is 0 Å². The molecular formula is C15H21Cl2NO3. The van der Waals surface area contributed by atoms with Crippen molar-refractivity contribution in [2.45, 2.75) is 37.3 Å². The lowest BCUT2D eigenvalue weighted by Gasteiger charge is -2.29. The van der Waals surface area contributed by atoms with E-state index in [9.17, 15) is 10.2 Å². The summed E-state index contributed by atoms with van der Waals surface area (Å²) in [4.78, 5) is 0. The number of ether oxygens (including phenoxy) is 1. The maximum absolute atomic E-state index is 10.00. The molecule has 1 saturated carbocycles. The van der Waals surface area contributed by atoms with Crippen LogP contribution in [0.4, 0.5) is 0 Å². The molecule has 6 heteroatoms. The Morgan fingerprint density at radius 2 is 2.00 bits per heavy atom. The summed E-state index contributed by atoms with van der Waals surface area (Å²) in [6.07, 6.45) is 3.43. The molecule has 3 N–H and O–H groups in total. The Balaban J connectivity index is 1.79. The Morgan fingerprint density at radius 1 is 1.29 bits per heavy atom. The van der Waals surface area contributed by atoms with E-state index in [2.05, 4.69) is 5.32 Å². The molecule has 1 atom stereocenters. The summed E-state index contributed by atoms with van der Waals surface area (Å²) in [5.74, 6) is 0.459. The summed E-state index contributed by atoms with van der Waals surface area (Å²) < 4.78 is 5.49. The van der Waals surface area contributed by atoms with Crippen molar-refractivity contribution in [3.63, 3.8) is 0 Å². The van der Waals surface area contributed by atoms with Gasteiger partial charge in [-0.2, -0.15) is 0 Å². The van der Waals surface area contributed by atoms with Crippen molar-refractivity contribution < 1.29 is 14.9 Å². The van der Waals surface area contributed by atoms with Crippen LogP contribution in [-0.4, -0.2) is 41.6 Å². The minimum absolute atomic E-state index is 0.0979. The van der Waals surface area contributed by atoms with Gasteiger partial charge in [-0.05, 0) is 25.0 Å². The van der Waals surface area contributed by atoms with Crippen LogP contribution in [0.25, 0.3) is 0 Å². The summed E-state index contributed by atoms with van der Waals surface area (Å²) >= 11 is 11.9. The van der Waals surface area contributed by atoms with Crippen LogP contribution in [0.15, 0.2) is 18.2 Å². The number of rotatable bonds is 7. The highest BCUT2D eigenvalue weighted by molar-refractivity contribution is 6.34. The van der Waals surface area contributed by atoms with Gasteiger partial charge in [0.05, 0.1) is 11.6 Å². The number of nitrogens with one attached hydrogen (secondary N) is 1. The number of β-amino-alcohol motifs (C(OH)–C–C–N with tert-alkyl or cyclic N) is 1. The Labute approximate surface area is 135 Å². The van der Waals surface area contributed by atoms with Crippen LogP contribution < -0.4 is 10.1 Å². The Hall–Kier alpha value is -0.520. The first kappa shape index (κ1) is 16.8. The quantitative estimate of drug-likeness (QED) is 0.717. The third-order valence-corrected chi connectivity index (χ3v) is 4.45. The van der Waals surface area contributed by atoms with Gasteiger partial charge in [0.1, 0.15) is 18.5 Å². The molecular weight excluding hydrogens is 313 g/mol. The van der Waals surface area contributed by atoms with Gasteiger partial charge in [-0.15, -0.1) is 0 Å². The average molecular weight is 334 g/mol. The fraction of sp³-hybridized carbons (Fsp3) is 0.600. The van der Waals surface area contributed by atoms with Gasteiger partial charge < -0.3 is 20.3 Å². The summed E-state index contributed by atoms with van der Waals surface area (Å²) in [6.45, 7) is 0.591. The molecule has 0 saturated heterocycles. The molecule has 118 valence electrons. The molecule has 1 aromatic carbocycles. The first-order chi connectivity index (χ1) is 10.0. The highest BCUT2D eigenvalue weighted by Crippen LogP contribution is 2.29. The number of aliphatic hydroxyl groups excluding tert-OH is 2. The number of hydrogen-bond donors (Lipinski definition) is 3. The molecule has 4 nitrogen and oxygen atoms in total. The lowest BCUT2D eigenvalue weighted by atomic mass is 9.99. The van der Waals surface area contributed by atoms with Crippen LogP contribution in [-0.2, 0) is 0 Å². The molecule has 1 unspecified atom stereocenters. The zero-order valence-electron chi connectivity index (χ0n) is 11.8. The van der Waals surface area contributed by atoms with Crippen molar-refractivity contribution in [2.24, 2.45) is 0 Å². The molecule has 0 radical (unpaired) electrons. The molecule has 0 heterocycles. The van der Waals surface area contributed by atoms with E-state index in [0.717, 1.165) is 25.7 Å². The fourth-order valence-electron chi connectivity index (χ4n) is 2.61. The van der Waals surface area contributed by atoms with Gasteiger partial charge >= 0.3 is 0 Å². The molecule has 2 rings (SSSR count). The Kier molecular flexibility index (Phi) is 6.14. The monoisotopic (exact) mass is 333 g/mol. The zero-order valence-corrected chi connectivity index (χ0v) is 13.3. The lowest BCUT2D eigenvalue weighted by molar-refractivity contribution is 0.0850. The van der Waals surface area contributed by atoms with Crippen molar-refractivity contribution in [3.05, 3.63) is 28.2 Å². The van der Waals surface area contributed by atoms with Crippen molar-refractivity contribution in [1.29, 1.82) is 0 Å². The number of benzene rings is 1. The summed E-state index contributed by atoms with van der Waals surface area (Å²) in [7, 11) is 0. The second-order valence-corrected chi connectivity index (χ2v) is 6.41. The molecule has 0 bridgehead atoms. The van der Waals surface area contributed by atoms with E-state index in [0.29, 0.717) is 22.3 Å². The Morgan fingerprint density at radius 3 is 2.67 bits per heavy atom. The number of hydrogen-bond acceptors (Lipinski definition) is 4. The molecule has 21 heavy (non-hydrogen) atoms. The van der Waals surface area contributed by atoms with E-state index in [-0.39, 0.29) is 18.8 Å². The maximum Gasteiger partial charge on any atom is 0.139 e. The molecule has 1 aliphatic carbocycles. The first-order valence-corrected chi connectivity index (χ1v) is 7.92. The molecule has 1 aromatic rings. The third kappa shape index (κ3) is 4.73. The topological polar surface area (TPSA) is 61.7 Å². The van der Waals surface area contributed by atoms with Gasteiger partial charge in [-0.1, -0.05) is 36.0 Å². The van der Waals surface area contributed by atoms with Gasteiger partial charge in [0, 0.05) is 23.2 Å². The van der Waals surface area contributed by atoms with Crippen molar-refractivity contribution in [2.75, 3.05) is 19.8 Å². The van der Waals surface area contributed by atoms with Crippen LogP contribution in [0.3, 0.4) is 0 Å². The average Bonchev–Trinajstić information content (AvgIpc) is 2.95. The molecule has 0 aromatic heterocycles. The summed E-state index contributed by atoms with van der Waals surface area (Å²) in [5.41, 5.74) is -0.241. The fourth-order valence-corrected chi connectivity index (χ4v) is 2.94. The van der Waals surface area contributed by atoms with Crippen LogP contribution in [0.1, 0.15) is 25.7 Å². The Bertz CT molecular complexity index is 464. The lowest BCUT2D eigenvalue weighted by Crippen LogP contribution is -2.49. The SMILES string of the molecule is OCC1(NCC(O)COc2cc(Cl)ccc2Cl)CCCC1. The van der Waals surface area contributed by atoms with E-state index in [4.69, 9.17) is 27.9 Å². The van der Waals surface area contributed by atoms with E-state index in [1.54, 1.807) is 18.2 Å². The molecule has 1 fully saturated rings. The van der Waals surface area contributed by atoms with E-state index in [1.807, 2.05) is 0 Å². The van der Waals surface area contributed by atoms with E-state index < -0.39 is 6.10 Å². The molecule has 0 spiro atoms. The second kappa shape index (κ2) is 7.65. The zero-order chi connectivity index (χ0) is 15.3. The minimum Gasteiger partial charge on any atom is -0.489 e. The van der Waals surface area contributed by atoms with Crippen molar-refractivity contribution >= 4 is 23.2 Å². The maximum atomic E-state index is 10.00. The molecule has 0 amide bonds. The normalized spacial score (nSPS) is 18.7. The minimum atomic E-state index is -0.677. The predicted molar refractivity (Wildman–Crippen MR) is 84.3 cm³/mol. The van der Waals surface area contributed by atoms with Gasteiger partial charge in [0.15, 0.2) is 0 Å². The van der Waals surface area contributed by atoms with Gasteiger partial charge in [0.2, 0.25) is 0 Å². The van der Waals surface area contributed by atoms with Crippen molar-refractivity contribution in [1.82, 2.24) is 5.32 Å². The summed E-state index contributed by atoms with van der Waals surface area (Å²) in [5, 5.41) is 23.8. The molecule has 0 aliphatic heterocycles. The molecule has 1 aliphatic rings. The van der Waals surface area contributed by atoms with Crippen molar-refractivity contribution in [3.8, 4) is 5.75 Å². The smallest absolute Gasteiger partial charge is 0.139 e. The highest BCUT2D eigenvalue weighted by Gasteiger charge is 2.32. The van der Waals surface area contributed by atoms with Crippen LogP contribution in [0.5, 0.6) is 5.75 Å². The summed E-state index contributed by atoms with van der Waals surface area (Å²) in [6, 6.07) is 4.96.